The maximum absolute atomic E-state index is 14.1. The van der Waals surface area contributed by atoms with E-state index in [-0.39, 0.29) is 22.8 Å². The first kappa shape index (κ1) is 22.2. The van der Waals surface area contributed by atoms with Gasteiger partial charge >= 0.3 is 0 Å². The van der Waals surface area contributed by atoms with Crippen LogP contribution >= 0.6 is 0 Å². The van der Waals surface area contributed by atoms with Gasteiger partial charge in [0.05, 0.1) is 7.11 Å². The Labute approximate surface area is 207 Å². The number of hydrogen-bond acceptors (Lipinski definition) is 2. The maximum atomic E-state index is 14.1. The van der Waals surface area contributed by atoms with Crippen LogP contribution < -0.4 is 10.1 Å². The Morgan fingerprint density at radius 1 is 0.857 bits per heavy atom. The van der Waals surface area contributed by atoms with Gasteiger partial charge in [0.25, 0.3) is 5.91 Å². The lowest BCUT2D eigenvalue weighted by Crippen LogP contribution is -2.47. The van der Waals surface area contributed by atoms with Crippen molar-refractivity contribution in [3.63, 3.8) is 0 Å². The minimum Gasteiger partial charge on any atom is -0.496 e. The summed E-state index contributed by atoms with van der Waals surface area (Å²) < 4.78 is 5.88. The molecule has 2 aliphatic carbocycles. The highest BCUT2D eigenvalue weighted by atomic mass is 16.5. The fourth-order valence-electron chi connectivity index (χ4n) is 7.07. The van der Waals surface area contributed by atoms with Gasteiger partial charge in [0.1, 0.15) is 5.75 Å². The molecule has 4 aromatic rings. The number of benzene rings is 4. The number of methoxy groups -OCH3 is 1. The lowest BCUT2D eigenvalue weighted by molar-refractivity contribution is 0.0827. The Balaban J connectivity index is 1.54. The molecule has 2 bridgehead atoms. The van der Waals surface area contributed by atoms with Crippen molar-refractivity contribution in [3.05, 3.63) is 78.4 Å². The molecule has 4 aromatic carbocycles. The molecule has 0 spiro atoms. The van der Waals surface area contributed by atoms with E-state index >= 15 is 0 Å². The van der Waals surface area contributed by atoms with Gasteiger partial charge in [-0.2, -0.15) is 0 Å². The van der Waals surface area contributed by atoms with Crippen molar-refractivity contribution in [2.45, 2.75) is 46.1 Å². The molecule has 0 aliphatic heterocycles. The summed E-state index contributed by atoms with van der Waals surface area (Å²) in [5.41, 5.74) is 3.01. The summed E-state index contributed by atoms with van der Waals surface area (Å²) in [5.74, 6) is 1.46. The zero-order valence-electron chi connectivity index (χ0n) is 21.0. The van der Waals surface area contributed by atoms with Crippen molar-refractivity contribution < 1.29 is 9.53 Å². The van der Waals surface area contributed by atoms with Crippen LogP contribution in [0.1, 0.15) is 50.4 Å². The molecule has 1 amide bonds. The molecule has 0 radical (unpaired) electrons. The molecular formula is C32H33NO2. The molecule has 178 valence electrons. The number of carbonyl (C=O) groups is 1. The van der Waals surface area contributed by atoms with Crippen LogP contribution in [0.4, 0.5) is 0 Å². The molecule has 0 aromatic heterocycles. The molecule has 3 heteroatoms. The van der Waals surface area contributed by atoms with Gasteiger partial charge in [-0.1, -0.05) is 81.4 Å². The summed E-state index contributed by atoms with van der Waals surface area (Å²) in [4.78, 5) is 14.1. The Kier molecular flexibility index (Phi) is 4.96. The van der Waals surface area contributed by atoms with E-state index in [4.69, 9.17) is 4.74 Å². The second kappa shape index (κ2) is 7.84. The Bertz CT molecular complexity index is 1470. The maximum Gasteiger partial charge on any atom is 0.252 e. The van der Waals surface area contributed by atoms with E-state index in [2.05, 4.69) is 62.5 Å². The number of ether oxygens (including phenoxy) is 1. The van der Waals surface area contributed by atoms with Crippen LogP contribution in [-0.4, -0.2) is 19.1 Å². The third-order valence-electron chi connectivity index (χ3n) is 9.63. The summed E-state index contributed by atoms with van der Waals surface area (Å²) in [6.45, 7) is 7.15. The summed E-state index contributed by atoms with van der Waals surface area (Å²) in [6, 6.07) is 25.0. The van der Waals surface area contributed by atoms with Crippen LogP contribution in [-0.2, 0) is 0 Å². The monoisotopic (exact) mass is 463 g/mol. The fraction of sp³-hybridized carbons (Fsp3) is 0.344. The standard InChI is InChI=1S/C32H33NO2/c1-31(2)22-17-18-32(31,3)27(19-22)33-30(34)25-15-13-20-9-5-7-11-23(20)28(25)29-24-12-8-6-10-21(24)14-16-26(29)35-4/h5-16,22,27H,17-19H2,1-4H3,(H,33,34)/t22-,27-,32+/m1/s1. The van der Waals surface area contributed by atoms with Gasteiger partial charge in [0.2, 0.25) is 0 Å². The largest absolute Gasteiger partial charge is 0.496 e. The number of amides is 1. The minimum absolute atomic E-state index is 0.00955. The van der Waals surface area contributed by atoms with Crippen LogP contribution in [0.3, 0.4) is 0 Å². The van der Waals surface area contributed by atoms with Gasteiger partial charge in [0, 0.05) is 22.7 Å². The summed E-state index contributed by atoms with van der Waals surface area (Å²) >= 11 is 0. The minimum atomic E-state index is 0.00955. The molecule has 3 atom stereocenters. The first-order chi connectivity index (χ1) is 16.8. The van der Waals surface area contributed by atoms with Gasteiger partial charge in [0.15, 0.2) is 0 Å². The van der Waals surface area contributed by atoms with Gasteiger partial charge in [-0.05, 0) is 69.7 Å². The topological polar surface area (TPSA) is 38.3 Å². The number of rotatable bonds is 4. The number of fused-ring (bicyclic) bond motifs is 4. The Morgan fingerprint density at radius 2 is 1.49 bits per heavy atom. The third kappa shape index (κ3) is 3.14. The van der Waals surface area contributed by atoms with Crippen LogP contribution in [0.25, 0.3) is 32.7 Å². The van der Waals surface area contributed by atoms with E-state index in [1.165, 1.54) is 12.8 Å². The average Bonchev–Trinajstić information content (AvgIpc) is 3.21. The van der Waals surface area contributed by atoms with Gasteiger partial charge in [-0.25, -0.2) is 0 Å². The molecule has 35 heavy (non-hydrogen) atoms. The molecule has 3 nitrogen and oxygen atoms in total. The van der Waals surface area contributed by atoms with Crippen molar-refractivity contribution in [1.82, 2.24) is 5.32 Å². The molecule has 0 heterocycles. The predicted molar refractivity (Wildman–Crippen MR) is 144 cm³/mol. The highest BCUT2D eigenvalue weighted by Gasteiger charge is 2.61. The average molecular weight is 464 g/mol. The molecule has 2 aliphatic rings. The van der Waals surface area contributed by atoms with Crippen molar-refractivity contribution in [1.29, 1.82) is 0 Å². The zero-order valence-corrected chi connectivity index (χ0v) is 21.0. The molecule has 1 N–H and O–H groups in total. The summed E-state index contributed by atoms with van der Waals surface area (Å²) in [7, 11) is 1.71. The lowest BCUT2D eigenvalue weighted by atomic mass is 9.69. The van der Waals surface area contributed by atoms with Crippen LogP contribution in [0.5, 0.6) is 5.75 Å². The van der Waals surface area contributed by atoms with Crippen LogP contribution in [0.2, 0.25) is 0 Å². The molecule has 2 saturated carbocycles. The quantitative estimate of drug-likeness (QED) is 0.338. The summed E-state index contributed by atoms with van der Waals surface area (Å²) in [5, 5.41) is 7.90. The van der Waals surface area contributed by atoms with Crippen LogP contribution in [0, 0.1) is 16.7 Å². The highest BCUT2D eigenvalue weighted by Crippen LogP contribution is 2.65. The smallest absolute Gasteiger partial charge is 0.252 e. The normalized spacial score (nSPS) is 24.7. The van der Waals surface area contributed by atoms with Crippen molar-refractivity contribution in [2.75, 3.05) is 7.11 Å². The Hall–Kier alpha value is -3.33. The molecule has 0 unspecified atom stereocenters. The van der Waals surface area contributed by atoms with Crippen molar-refractivity contribution in [3.8, 4) is 16.9 Å². The number of nitrogens with one attached hydrogen (secondary N) is 1. The van der Waals surface area contributed by atoms with E-state index in [0.717, 1.165) is 44.8 Å². The second-order valence-corrected chi connectivity index (χ2v) is 11.2. The SMILES string of the molecule is COc1ccc2ccccc2c1-c1c(C(=O)N[C@@H]2C[C@H]3CC[C@]2(C)C3(C)C)ccc2ccccc12. The van der Waals surface area contributed by atoms with Gasteiger partial charge < -0.3 is 10.1 Å². The Morgan fingerprint density at radius 3 is 2.09 bits per heavy atom. The number of hydrogen-bond donors (Lipinski definition) is 1. The van der Waals surface area contributed by atoms with E-state index in [1.54, 1.807) is 7.11 Å². The second-order valence-electron chi connectivity index (χ2n) is 11.2. The fourth-order valence-corrected chi connectivity index (χ4v) is 7.07. The van der Waals surface area contributed by atoms with Crippen LogP contribution in [0.15, 0.2) is 72.8 Å². The highest BCUT2D eigenvalue weighted by molar-refractivity contribution is 6.15. The van der Waals surface area contributed by atoms with Crippen molar-refractivity contribution >= 4 is 27.5 Å². The third-order valence-corrected chi connectivity index (χ3v) is 9.63. The predicted octanol–water partition coefficient (Wildman–Crippen LogP) is 7.61. The zero-order chi connectivity index (χ0) is 24.4. The van der Waals surface area contributed by atoms with E-state index < -0.39 is 0 Å². The molecular weight excluding hydrogens is 430 g/mol. The molecule has 2 fully saturated rings. The summed E-state index contributed by atoms with van der Waals surface area (Å²) in [6.07, 6.45) is 3.51. The first-order valence-electron chi connectivity index (χ1n) is 12.7. The number of carbonyl (C=O) groups excluding carboxylic acids is 1. The van der Waals surface area contributed by atoms with E-state index in [1.807, 2.05) is 36.4 Å². The van der Waals surface area contributed by atoms with Gasteiger partial charge in [-0.3, -0.25) is 4.79 Å². The first-order valence-corrected chi connectivity index (χ1v) is 12.7. The van der Waals surface area contributed by atoms with Crippen molar-refractivity contribution in [2.24, 2.45) is 16.7 Å². The lowest BCUT2D eigenvalue weighted by Gasteiger charge is -2.39. The van der Waals surface area contributed by atoms with Gasteiger partial charge in [-0.15, -0.1) is 0 Å². The van der Waals surface area contributed by atoms with E-state index in [9.17, 15) is 4.79 Å². The molecule has 0 saturated heterocycles. The molecule has 6 rings (SSSR count). The van der Waals surface area contributed by atoms with E-state index in [0.29, 0.717) is 11.5 Å².